The van der Waals surface area contributed by atoms with E-state index in [1.165, 1.54) is 17.0 Å². The summed E-state index contributed by atoms with van der Waals surface area (Å²) in [5.74, 6) is -0.510. The monoisotopic (exact) mass is 388 g/mol. The largest absolute Gasteiger partial charge is 0.459 e. The first-order valence-electron chi connectivity index (χ1n) is 8.79. The van der Waals surface area contributed by atoms with Crippen molar-refractivity contribution in [1.82, 2.24) is 9.55 Å². The molecule has 8 heteroatoms. The van der Waals surface area contributed by atoms with Crippen LogP contribution in [0, 0.1) is 0 Å². The second kappa shape index (κ2) is 7.81. The SMILES string of the molecule is O=C(Cn1c(=O)cnc2ccccc21)Nc1ccc(NC(=O)c2ccco2)cc1. The molecule has 2 aromatic heterocycles. The highest BCUT2D eigenvalue weighted by atomic mass is 16.3. The number of carbonyl (C=O) groups is 2. The Bertz CT molecular complexity index is 1230. The van der Waals surface area contributed by atoms with Gasteiger partial charge in [-0.15, -0.1) is 0 Å². The maximum Gasteiger partial charge on any atom is 0.291 e. The summed E-state index contributed by atoms with van der Waals surface area (Å²) in [5, 5.41) is 5.43. The zero-order valence-corrected chi connectivity index (χ0v) is 15.2. The van der Waals surface area contributed by atoms with Crippen LogP contribution in [-0.4, -0.2) is 21.4 Å². The van der Waals surface area contributed by atoms with E-state index in [0.29, 0.717) is 22.4 Å². The molecule has 2 amide bonds. The van der Waals surface area contributed by atoms with Crippen molar-refractivity contribution in [2.75, 3.05) is 10.6 Å². The smallest absolute Gasteiger partial charge is 0.291 e. The fourth-order valence-electron chi connectivity index (χ4n) is 2.86. The van der Waals surface area contributed by atoms with Gasteiger partial charge in [-0.1, -0.05) is 12.1 Å². The summed E-state index contributed by atoms with van der Waals surface area (Å²) >= 11 is 0. The standard InChI is InChI=1S/C21H16N4O4/c26-19(13-25-17-5-2-1-4-16(17)22-12-20(25)27)23-14-7-9-15(10-8-14)24-21(28)18-6-3-11-29-18/h1-12H,13H2,(H,23,26)(H,24,28). The molecule has 0 aliphatic carbocycles. The molecule has 0 aliphatic rings. The predicted molar refractivity (Wildman–Crippen MR) is 108 cm³/mol. The van der Waals surface area contributed by atoms with Crippen LogP contribution in [0.25, 0.3) is 11.0 Å². The van der Waals surface area contributed by atoms with Crippen molar-refractivity contribution in [1.29, 1.82) is 0 Å². The minimum atomic E-state index is -0.365. The lowest BCUT2D eigenvalue weighted by Crippen LogP contribution is -2.27. The molecule has 29 heavy (non-hydrogen) atoms. The van der Waals surface area contributed by atoms with Gasteiger partial charge in [0.05, 0.1) is 23.5 Å². The Balaban J connectivity index is 1.43. The van der Waals surface area contributed by atoms with Crippen LogP contribution < -0.4 is 16.2 Å². The van der Waals surface area contributed by atoms with Gasteiger partial charge in [0.1, 0.15) is 6.54 Å². The average Bonchev–Trinajstić information content (AvgIpc) is 3.27. The van der Waals surface area contributed by atoms with Crippen LogP contribution >= 0.6 is 0 Å². The van der Waals surface area contributed by atoms with Crippen LogP contribution in [0.3, 0.4) is 0 Å². The third-order valence-corrected chi connectivity index (χ3v) is 4.23. The summed E-state index contributed by atoms with van der Waals surface area (Å²) in [6.45, 7) is -0.140. The zero-order valence-electron chi connectivity index (χ0n) is 15.2. The number of hydrogen-bond donors (Lipinski definition) is 2. The molecule has 0 saturated carbocycles. The molecule has 0 aliphatic heterocycles. The molecule has 0 atom stereocenters. The van der Waals surface area contributed by atoms with Gasteiger partial charge >= 0.3 is 0 Å². The zero-order chi connectivity index (χ0) is 20.2. The second-order valence-electron chi connectivity index (χ2n) is 6.23. The molecule has 4 rings (SSSR count). The maximum absolute atomic E-state index is 12.4. The molecule has 0 spiro atoms. The van der Waals surface area contributed by atoms with Crippen molar-refractivity contribution in [3.63, 3.8) is 0 Å². The molecule has 144 valence electrons. The number of nitrogens with one attached hydrogen (secondary N) is 2. The Morgan fingerprint density at radius 3 is 2.38 bits per heavy atom. The summed E-state index contributed by atoms with van der Waals surface area (Å²) in [4.78, 5) is 40.6. The molecule has 0 saturated heterocycles. The first kappa shape index (κ1) is 18.2. The van der Waals surface area contributed by atoms with Gasteiger partial charge in [0.25, 0.3) is 11.5 Å². The van der Waals surface area contributed by atoms with Crippen LogP contribution in [0.1, 0.15) is 10.6 Å². The Hall–Kier alpha value is -4.20. The van der Waals surface area contributed by atoms with Gasteiger partial charge in [-0.2, -0.15) is 0 Å². The number of carbonyl (C=O) groups excluding carboxylic acids is 2. The lowest BCUT2D eigenvalue weighted by Gasteiger charge is -2.10. The number of benzene rings is 2. The van der Waals surface area contributed by atoms with E-state index in [4.69, 9.17) is 4.42 Å². The van der Waals surface area contributed by atoms with E-state index in [1.807, 2.05) is 6.07 Å². The number of furan rings is 1. The predicted octanol–water partition coefficient (Wildman–Crippen LogP) is 2.88. The minimum absolute atomic E-state index is 0.140. The van der Waals surface area contributed by atoms with Crippen molar-refractivity contribution < 1.29 is 14.0 Å². The Labute approximate surface area is 164 Å². The number of fused-ring (bicyclic) bond motifs is 1. The maximum atomic E-state index is 12.4. The van der Waals surface area contributed by atoms with Gasteiger partial charge in [-0.25, -0.2) is 4.98 Å². The number of aromatic nitrogens is 2. The highest BCUT2D eigenvalue weighted by molar-refractivity contribution is 6.02. The summed E-state index contributed by atoms with van der Waals surface area (Å²) in [7, 11) is 0. The van der Waals surface area contributed by atoms with Crippen molar-refractivity contribution in [3.05, 3.63) is 89.2 Å². The summed E-state index contributed by atoms with van der Waals surface area (Å²) in [5.41, 5.74) is 1.97. The number of hydrogen-bond acceptors (Lipinski definition) is 5. The van der Waals surface area contributed by atoms with Crippen LogP contribution in [0.2, 0.25) is 0 Å². The molecular formula is C21H16N4O4. The summed E-state index contributed by atoms with van der Waals surface area (Å²) in [6.07, 6.45) is 2.62. The van der Waals surface area contributed by atoms with E-state index >= 15 is 0 Å². The highest BCUT2D eigenvalue weighted by Gasteiger charge is 2.11. The molecule has 8 nitrogen and oxygen atoms in total. The van der Waals surface area contributed by atoms with E-state index in [0.717, 1.165) is 0 Å². The summed E-state index contributed by atoms with van der Waals surface area (Å²) < 4.78 is 6.41. The van der Waals surface area contributed by atoms with Gasteiger partial charge in [-0.3, -0.25) is 19.0 Å². The number of nitrogens with zero attached hydrogens (tertiary/aromatic N) is 2. The minimum Gasteiger partial charge on any atom is -0.459 e. The summed E-state index contributed by atoms with van der Waals surface area (Å²) in [6, 6.07) is 16.9. The number of anilines is 2. The van der Waals surface area contributed by atoms with Crippen molar-refractivity contribution >= 4 is 34.2 Å². The van der Waals surface area contributed by atoms with Crippen molar-refractivity contribution in [2.24, 2.45) is 0 Å². The molecular weight excluding hydrogens is 372 g/mol. The third kappa shape index (κ3) is 4.06. The van der Waals surface area contributed by atoms with E-state index in [9.17, 15) is 14.4 Å². The van der Waals surface area contributed by atoms with Crippen LogP contribution in [0.5, 0.6) is 0 Å². The average molecular weight is 388 g/mol. The van der Waals surface area contributed by atoms with Crippen molar-refractivity contribution in [2.45, 2.75) is 6.54 Å². The highest BCUT2D eigenvalue weighted by Crippen LogP contribution is 2.15. The van der Waals surface area contributed by atoms with Gasteiger partial charge in [0, 0.05) is 11.4 Å². The molecule has 0 fully saturated rings. The fraction of sp³-hybridized carbons (Fsp3) is 0.0476. The first-order valence-corrected chi connectivity index (χ1v) is 8.79. The van der Waals surface area contributed by atoms with Crippen molar-refractivity contribution in [3.8, 4) is 0 Å². The van der Waals surface area contributed by atoms with Gasteiger partial charge in [0.15, 0.2) is 5.76 Å². The first-order chi connectivity index (χ1) is 14.1. The van der Waals surface area contributed by atoms with Crippen LogP contribution in [0.15, 0.2) is 82.3 Å². The molecule has 0 radical (unpaired) electrons. The van der Waals surface area contributed by atoms with E-state index < -0.39 is 0 Å². The van der Waals surface area contributed by atoms with E-state index in [2.05, 4.69) is 15.6 Å². The molecule has 2 N–H and O–H groups in total. The van der Waals surface area contributed by atoms with E-state index in [1.54, 1.807) is 54.6 Å². The van der Waals surface area contributed by atoms with Gasteiger partial charge < -0.3 is 15.1 Å². The molecule has 0 unspecified atom stereocenters. The van der Waals surface area contributed by atoms with Crippen LogP contribution in [0.4, 0.5) is 11.4 Å². The normalized spacial score (nSPS) is 10.6. The topological polar surface area (TPSA) is 106 Å². The Morgan fingerprint density at radius 2 is 1.66 bits per heavy atom. The number of rotatable bonds is 5. The quantitative estimate of drug-likeness (QED) is 0.547. The lowest BCUT2D eigenvalue weighted by molar-refractivity contribution is -0.116. The molecule has 0 bridgehead atoms. The fourth-order valence-corrected chi connectivity index (χ4v) is 2.86. The number of para-hydroxylation sites is 2. The lowest BCUT2D eigenvalue weighted by atomic mass is 10.2. The van der Waals surface area contributed by atoms with Crippen LogP contribution in [-0.2, 0) is 11.3 Å². The molecule has 2 aromatic carbocycles. The second-order valence-corrected chi connectivity index (χ2v) is 6.23. The Morgan fingerprint density at radius 1 is 0.931 bits per heavy atom. The van der Waals surface area contributed by atoms with Gasteiger partial charge in [0.2, 0.25) is 5.91 Å². The molecule has 2 heterocycles. The molecule has 4 aromatic rings. The van der Waals surface area contributed by atoms with Gasteiger partial charge in [-0.05, 0) is 48.5 Å². The third-order valence-electron chi connectivity index (χ3n) is 4.23. The van der Waals surface area contributed by atoms with E-state index in [-0.39, 0.29) is 29.7 Å². The number of amides is 2. The Kier molecular flexibility index (Phi) is 4.90.